The van der Waals surface area contributed by atoms with Gasteiger partial charge in [-0.2, -0.15) is 0 Å². The molecule has 0 saturated heterocycles. The van der Waals surface area contributed by atoms with Crippen LogP contribution in [-0.2, 0) is 9.47 Å². The van der Waals surface area contributed by atoms with E-state index < -0.39 is 30.7 Å². The molecule has 0 aliphatic heterocycles. The normalized spacial score (nSPS) is 13.1. The molecule has 0 unspecified atom stereocenters. The monoisotopic (exact) mass is 444 g/mol. The summed E-state index contributed by atoms with van der Waals surface area (Å²) < 4.78 is 9.90. The molecule has 2 aromatic rings. The van der Waals surface area contributed by atoms with Crippen LogP contribution in [0.1, 0.15) is 37.8 Å². The van der Waals surface area contributed by atoms with Crippen molar-refractivity contribution < 1.29 is 19.1 Å². The van der Waals surface area contributed by atoms with Crippen LogP contribution in [0.5, 0.6) is 0 Å². The summed E-state index contributed by atoms with van der Waals surface area (Å²) >= 11 is -2.04. The van der Waals surface area contributed by atoms with Gasteiger partial charge in [-0.1, -0.05) is 0 Å². The van der Waals surface area contributed by atoms with Crippen molar-refractivity contribution >= 4 is 29.1 Å². The summed E-state index contributed by atoms with van der Waals surface area (Å²) in [4.78, 5) is 23.9. The zero-order valence-electron chi connectivity index (χ0n) is 14.5. The number of ether oxygens (including phenoxy) is 2. The fourth-order valence-electron chi connectivity index (χ4n) is 3.02. The van der Waals surface area contributed by atoms with Crippen molar-refractivity contribution in [1.82, 2.24) is 0 Å². The molecule has 0 heterocycles. The molecule has 0 spiro atoms. The van der Waals surface area contributed by atoms with Crippen LogP contribution in [-0.4, -0.2) is 41.3 Å². The molecule has 128 valence electrons. The van der Waals surface area contributed by atoms with Gasteiger partial charge in [0.2, 0.25) is 0 Å². The third-order valence-corrected chi connectivity index (χ3v) is 5.82. The Morgan fingerprint density at radius 1 is 0.920 bits per heavy atom. The fourth-order valence-corrected chi connectivity index (χ4v) is 4.96. The molecule has 0 saturated carbocycles. The van der Waals surface area contributed by atoms with Crippen molar-refractivity contribution in [2.45, 2.75) is 32.3 Å². The second kappa shape index (κ2) is 7.20. The number of carbonyl (C=O) groups is 2. The molecular formula is C20H20O4Sn. The van der Waals surface area contributed by atoms with Crippen LogP contribution in [0.4, 0.5) is 9.59 Å². The van der Waals surface area contributed by atoms with Crippen LogP contribution in [0, 0.1) is 0 Å². The van der Waals surface area contributed by atoms with Crippen LogP contribution >= 0.6 is 0 Å². The van der Waals surface area contributed by atoms with Crippen LogP contribution in [0.2, 0.25) is 0 Å². The first-order chi connectivity index (χ1) is 11.8. The summed E-state index contributed by atoms with van der Waals surface area (Å²) in [5.74, 6) is 0.0226. The molecule has 5 heteroatoms. The van der Waals surface area contributed by atoms with Gasteiger partial charge in [-0.25, -0.2) is 0 Å². The first kappa shape index (κ1) is 18.0. The van der Waals surface area contributed by atoms with Gasteiger partial charge >= 0.3 is 158 Å². The van der Waals surface area contributed by atoms with E-state index >= 15 is 0 Å². The predicted octanol–water partition coefficient (Wildman–Crippen LogP) is 4.57. The van der Waals surface area contributed by atoms with Crippen molar-refractivity contribution in [3.05, 3.63) is 59.7 Å². The zero-order valence-corrected chi connectivity index (χ0v) is 17.4. The Morgan fingerprint density at radius 3 is 1.96 bits per heavy atom. The minimum atomic E-state index is -2.04. The Labute approximate surface area is 157 Å². The fraction of sp³-hybridized carbons (Fsp3) is 0.300. The van der Waals surface area contributed by atoms with E-state index in [0.29, 0.717) is 0 Å². The van der Waals surface area contributed by atoms with Crippen molar-refractivity contribution in [2.75, 3.05) is 6.61 Å². The topological polar surface area (TPSA) is 52.6 Å². The second-order valence-electron chi connectivity index (χ2n) is 6.95. The average molecular weight is 443 g/mol. The van der Waals surface area contributed by atoms with E-state index in [9.17, 15) is 9.59 Å². The minimum absolute atomic E-state index is 0.0226. The van der Waals surface area contributed by atoms with Gasteiger partial charge in [-0.05, 0) is 0 Å². The summed E-state index contributed by atoms with van der Waals surface area (Å²) in [7, 11) is 0. The molecule has 0 atom stereocenters. The van der Waals surface area contributed by atoms with Gasteiger partial charge in [0, 0.05) is 0 Å². The summed E-state index contributed by atoms with van der Waals surface area (Å²) in [6.07, 6.45) is 0. The van der Waals surface area contributed by atoms with Gasteiger partial charge in [0.05, 0.1) is 0 Å². The van der Waals surface area contributed by atoms with Gasteiger partial charge in [0.25, 0.3) is 0 Å². The molecule has 25 heavy (non-hydrogen) atoms. The van der Waals surface area contributed by atoms with Gasteiger partial charge in [0.1, 0.15) is 0 Å². The number of fused-ring (bicyclic) bond motifs is 3. The standard InChI is InChI=1S/C15H11O2.C5H9O2.Sn/c16-10-17-9-15-13-7-3-1-5-11(13)12-6-2-4-8-14(12)15;1-5(2,3)7-4-6;/h1-8,15H,9H2;1-3H3;. The van der Waals surface area contributed by atoms with Gasteiger partial charge in [-0.15, -0.1) is 0 Å². The molecule has 0 aromatic heterocycles. The molecule has 0 fully saturated rings. The number of carbonyl (C=O) groups excluding carboxylic acids is 2. The molecule has 3 rings (SSSR count). The van der Waals surface area contributed by atoms with E-state index in [0.717, 1.165) is 0 Å². The maximum atomic E-state index is 12.1. The molecule has 1 aliphatic carbocycles. The Hall–Kier alpha value is -1.82. The third kappa shape index (κ3) is 4.23. The van der Waals surface area contributed by atoms with Crippen LogP contribution < -0.4 is 0 Å². The Kier molecular flexibility index (Phi) is 5.18. The molecule has 0 amide bonds. The Bertz CT molecular complexity index is 762. The van der Waals surface area contributed by atoms with Crippen molar-refractivity contribution in [3.63, 3.8) is 0 Å². The molecule has 2 radical (unpaired) electrons. The Balaban J connectivity index is 1.68. The summed E-state index contributed by atoms with van der Waals surface area (Å²) in [6, 6.07) is 16.3. The van der Waals surface area contributed by atoms with Gasteiger partial charge < -0.3 is 0 Å². The van der Waals surface area contributed by atoms with E-state index in [2.05, 4.69) is 24.3 Å². The first-order valence-corrected chi connectivity index (χ1v) is 11.1. The van der Waals surface area contributed by atoms with Crippen molar-refractivity contribution in [1.29, 1.82) is 0 Å². The van der Waals surface area contributed by atoms with Crippen LogP contribution in [0.3, 0.4) is 0 Å². The van der Waals surface area contributed by atoms with Gasteiger partial charge in [0.15, 0.2) is 0 Å². The van der Waals surface area contributed by atoms with E-state index in [4.69, 9.17) is 9.47 Å². The summed E-state index contributed by atoms with van der Waals surface area (Å²) in [5.41, 5.74) is 4.14. The molecule has 1 aliphatic rings. The molecule has 4 nitrogen and oxygen atoms in total. The maximum absolute atomic E-state index is 12.1. The number of hydrogen-bond acceptors (Lipinski definition) is 4. The average Bonchev–Trinajstić information content (AvgIpc) is 2.85. The molecule has 0 bridgehead atoms. The Morgan fingerprint density at radius 2 is 1.44 bits per heavy atom. The number of benzene rings is 2. The SMILES string of the molecule is CC(C)(C)O[C](=O)[Sn][C](=O)OCC1c2ccccc2-c2ccccc21. The van der Waals surface area contributed by atoms with E-state index in [-0.39, 0.29) is 16.5 Å². The molecule has 2 aromatic carbocycles. The van der Waals surface area contributed by atoms with Gasteiger partial charge in [-0.3, -0.25) is 0 Å². The summed E-state index contributed by atoms with van der Waals surface area (Å²) in [6.45, 7) is 5.64. The number of rotatable bonds is 4. The van der Waals surface area contributed by atoms with E-state index in [1.54, 1.807) is 20.8 Å². The third-order valence-electron chi connectivity index (χ3n) is 3.95. The number of hydrogen-bond donors (Lipinski definition) is 0. The molecule has 0 N–H and O–H groups in total. The zero-order chi connectivity index (χ0) is 18.0. The van der Waals surface area contributed by atoms with Crippen LogP contribution in [0.25, 0.3) is 11.1 Å². The first-order valence-electron chi connectivity index (χ1n) is 8.20. The molecular weight excluding hydrogens is 423 g/mol. The second-order valence-corrected chi connectivity index (χ2v) is 10.00. The van der Waals surface area contributed by atoms with E-state index in [1.165, 1.54) is 22.3 Å². The van der Waals surface area contributed by atoms with E-state index in [1.807, 2.05) is 24.3 Å². The van der Waals surface area contributed by atoms with Crippen molar-refractivity contribution in [2.24, 2.45) is 0 Å². The summed E-state index contributed by atoms with van der Waals surface area (Å²) in [5, 5.41) is 0. The van der Waals surface area contributed by atoms with Crippen LogP contribution in [0.15, 0.2) is 48.5 Å². The quantitative estimate of drug-likeness (QED) is 0.650. The predicted molar refractivity (Wildman–Crippen MR) is 97.1 cm³/mol. The van der Waals surface area contributed by atoms with Crippen molar-refractivity contribution in [3.8, 4) is 11.1 Å².